The van der Waals surface area contributed by atoms with Gasteiger partial charge in [0.05, 0.1) is 7.11 Å². The SMILES string of the molecule is COc1cnc(N)o1. The summed E-state index contributed by atoms with van der Waals surface area (Å²) in [5, 5.41) is 0. The van der Waals surface area contributed by atoms with Crippen LogP contribution in [0.3, 0.4) is 0 Å². The number of aromatic nitrogens is 1. The first-order chi connectivity index (χ1) is 3.83. The van der Waals surface area contributed by atoms with Crippen LogP contribution in [0, 0.1) is 0 Å². The molecule has 0 saturated heterocycles. The Morgan fingerprint density at radius 1 is 1.88 bits per heavy atom. The van der Waals surface area contributed by atoms with Gasteiger partial charge in [-0.15, -0.1) is 0 Å². The van der Waals surface area contributed by atoms with E-state index >= 15 is 0 Å². The fourth-order valence-corrected chi connectivity index (χ4v) is 0.366. The summed E-state index contributed by atoms with van der Waals surface area (Å²) in [6.07, 6.45) is 1.41. The van der Waals surface area contributed by atoms with Crippen LogP contribution in [-0.2, 0) is 0 Å². The molecule has 8 heavy (non-hydrogen) atoms. The smallest absolute Gasteiger partial charge is 0.306 e. The normalized spacial score (nSPS) is 9.12. The lowest BCUT2D eigenvalue weighted by atomic mass is 10.9. The Morgan fingerprint density at radius 3 is 2.88 bits per heavy atom. The van der Waals surface area contributed by atoms with Crippen molar-refractivity contribution in [3.63, 3.8) is 0 Å². The molecule has 0 atom stereocenters. The summed E-state index contributed by atoms with van der Waals surface area (Å²) < 4.78 is 9.30. The lowest BCUT2D eigenvalue weighted by Crippen LogP contribution is -1.80. The molecule has 1 rings (SSSR count). The molecule has 0 aromatic carbocycles. The number of hydrogen-bond donors (Lipinski definition) is 1. The largest absolute Gasteiger partial charge is 0.467 e. The molecule has 0 bridgehead atoms. The van der Waals surface area contributed by atoms with E-state index in [1.165, 1.54) is 13.3 Å². The second-order valence-electron chi connectivity index (χ2n) is 1.22. The number of ether oxygens (including phenoxy) is 1. The number of oxazole rings is 1. The molecule has 0 spiro atoms. The first-order valence-corrected chi connectivity index (χ1v) is 2.08. The maximum absolute atomic E-state index is 5.10. The van der Waals surface area contributed by atoms with Crippen molar-refractivity contribution in [2.45, 2.75) is 0 Å². The lowest BCUT2D eigenvalue weighted by molar-refractivity contribution is 0.310. The minimum Gasteiger partial charge on any atom is -0.467 e. The zero-order valence-electron chi connectivity index (χ0n) is 4.42. The summed E-state index contributed by atoms with van der Waals surface area (Å²) in [7, 11) is 1.49. The second-order valence-corrected chi connectivity index (χ2v) is 1.22. The zero-order valence-corrected chi connectivity index (χ0v) is 4.42. The van der Waals surface area contributed by atoms with Gasteiger partial charge in [-0.3, -0.25) is 0 Å². The van der Waals surface area contributed by atoms with E-state index in [0.29, 0.717) is 5.95 Å². The van der Waals surface area contributed by atoms with Crippen molar-refractivity contribution < 1.29 is 9.15 Å². The molecule has 0 aliphatic carbocycles. The first kappa shape index (κ1) is 4.96. The fourth-order valence-electron chi connectivity index (χ4n) is 0.366. The Hall–Kier alpha value is -1.19. The highest BCUT2D eigenvalue weighted by Crippen LogP contribution is 2.11. The maximum atomic E-state index is 5.10. The van der Waals surface area contributed by atoms with E-state index in [0.717, 1.165) is 0 Å². The van der Waals surface area contributed by atoms with E-state index in [9.17, 15) is 0 Å². The van der Waals surface area contributed by atoms with Gasteiger partial charge in [0.1, 0.15) is 6.20 Å². The van der Waals surface area contributed by atoms with Gasteiger partial charge in [0.15, 0.2) is 0 Å². The summed E-state index contributed by atoms with van der Waals surface area (Å²) >= 11 is 0. The van der Waals surface area contributed by atoms with Crippen LogP contribution in [0.1, 0.15) is 0 Å². The number of hydrogen-bond acceptors (Lipinski definition) is 4. The Bertz CT molecular complexity index is 172. The summed E-state index contributed by atoms with van der Waals surface area (Å²) in [4.78, 5) is 3.57. The Morgan fingerprint density at radius 2 is 2.62 bits per heavy atom. The van der Waals surface area contributed by atoms with Crippen LogP contribution in [0.2, 0.25) is 0 Å². The molecule has 0 amide bonds. The molecule has 4 heteroatoms. The third-order valence-corrected chi connectivity index (χ3v) is 0.704. The average Bonchev–Trinajstić information content (AvgIpc) is 2.14. The molecule has 4 nitrogen and oxygen atoms in total. The first-order valence-electron chi connectivity index (χ1n) is 2.08. The van der Waals surface area contributed by atoms with Crippen LogP contribution in [0.5, 0.6) is 5.95 Å². The summed E-state index contributed by atoms with van der Waals surface area (Å²) in [5.74, 6) is 0.336. The van der Waals surface area contributed by atoms with Gasteiger partial charge < -0.3 is 14.9 Å². The minimum absolute atomic E-state index is 0.127. The molecule has 1 aromatic rings. The summed E-state index contributed by atoms with van der Waals surface area (Å²) in [6.45, 7) is 0. The van der Waals surface area contributed by atoms with Crippen LogP contribution in [0.15, 0.2) is 10.6 Å². The molecule has 0 aliphatic heterocycles. The summed E-state index contributed by atoms with van der Waals surface area (Å²) in [6, 6.07) is 0.127. The minimum atomic E-state index is 0.127. The topological polar surface area (TPSA) is 61.3 Å². The van der Waals surface area contributed by atoms with Crippen LogP contribution in [0.4, 0.5) is 6.01 Å². The zero-order chi connectivity index (χ0) is 5.98. The quantitative estimate of drug-likeness (QED) is 0.569. The molecular formula is C4H6N2O2. The molecule has 0 fully saturated rings. The number of nitrogens with two attached hydrogens (primary N) is 1. The van der Waals surface area contributed by atoms with Gasteiger partial charge in [-0.05, 0) is 0 Å². The summed E-state index contributed by atoms with van der Waals surface area (Å²) in [5.41, 5.74) is 5.10. The van der Waals surface area contributed by atoms with Crippen LogP contribution in [-0.4, -0.2) is 12.1 Å². The third kappa shape index (κ3) is 0.726. The Balaban J connectivity index is 2.84. The van der Waals surface area contributed by atoms with E-state index < -0.39 is 0 Å². The van der Waals surface area contributed by atoms with Gasteiger partial charge in [-0.25, -0.2) is 0 Å². The molecule has 2 N–H and O–H groups in total. The number of nitrogen functional groups attached to an aromatic ring is 1. The van der Waals surface area contributed by atoms with Crippen LogP contribution >= 0.6 is 0 Å². The predicted molar refractivity (Wildman–Crippen MR) is 27.5 cm³/mol. The molecule has 0 aliphatic rings. The second kappa shape index (κ2) is 1.73. The molecule has 0 radical (unpaired) electrons. The predicted octanol–water partition coefficient (Wildman–Crippen LogP) is 0.265. The lowest BCUT2D eigenvalue weighted by Gasteiger charge is -1.85. The van der Waals surface area contributed by atoms with Crippen LogP contribution in [0.25, 0.3) is 0 Å². The van der Waals surface area contributed by atoms with Gasteiger partial charge in [-0.1, -0.05) is 0 Å². The molecule has 1 heterocycles. The highest BCUT2D eigenvalue weighted by molar-refractivity contribution is 5.13. The Kier molecular flexibility index (Phi) is 1.07. The van der Waals surface area contributed by atoms with E-state index in [1.807, 2.05) is 0 Å². The highest BCUT2D eigenvalue weighted by Gasteiger charge is 1.94. The maximum Gasteiger partial charge on any atom is 0.306 e. The van der Waals surface area contributed by atoms with E-state index in [2.05, 4.69) is 14.1 Å². The third-order valence-electron chi connectivity index (χ3n) is 0.704. The van der Waals surface area contributed by atoms with Gasteiger partial charge in [0, 0.05) is 0 Å². The number of methoxy groups -OCH3 is 1. The van der Waals surface area contributed by atoms with Crippen molar-refractivity contribution in [2.24, 2.45) is 0 Å². The van der Waals surface area contributed by atoms with Gasteiger partial charge >= 0.3 is 5.95 Å². The van der Waals surface area contributed by atoms with Gasteiger partial charge in [-0.2, -0.15) is 4.98 Å². The molecule has 44 valence electrons. The molecule has 0 saturated carbocycles. The molecule has 1 aromatic heterocycles. The number of nitrogens with zero attached hydrogens (tertiary/aromatic N) is 1. The fraction of sp³-hybridized carbons (Fsp3) is 0.250. The molecule has 0 unspecified atom stereocenters. The van der Waals surface area contributed by atoms with Crippen molar-refractivity contribution in [1.29, 1.82) is 0 Å². The van der Waals surface area contributed by atoms with E-state index in [1.54, 1.807) is 0 Å². The van der Waals surface area contributed by atoms with Crippen molar-refractivity contribution >= 4 is 6.01 Å². The van der Waals surface area contributed by atoms with E-state index in [-0.39, 0.29) is 6.01 Å². The monoisotopic (exact) mass is 114 g/mol. The number of rotatable bonds is 1. The average molecular weight is 114 g/mol. The van der Waals surface area contributed by atoms with Crippen molar-refractivity contribution in [3.8, 4) is 5.95 Å². The highest BCUT2D eigenvalue weighted by atomic mass is 16.6. The van der Waals surface area contributed by atoms with E-state index in [4.69, 9.17) is 5.73 Å². The van der Waals surface area contributed by atoms with Crippen molar-refractivity contribution in [3.05, 3.63) is 6.20 Å². The Labute approximate surface area is 46.3 Å². The van der Waals surface area contributed by atoms with Crippen LogP contribution < -0.4 is 10.5 Å². The number of anilines is 1. The van der Waals surface area contributed by atoms with Gasteiger partial charge in [0.2, 0.25) is 0 Å². The van der Waals surface area contributed by atoms with Crippen molar-refractivity contribution in [1.82, 2.24) is 4.98 Å². The molecular weight excluding hydrogens is 108 g/mol. The standard InChI is InChI=1S/C4H6N2O2/c1-7-3-2-6-4(5)8-3/h2H,1H3,(H2,5,6). The van der Waals surface area contributed by atoms with Gasteiger partial charge in [0.25, 0.3) is 6.01 Å². The van der Waals surface area contributed by atoms with Crippen molar-refractivity contribution in [2.75, 3.05) is 12.8 Å².